The molecule has 0 amide bonds. The normalized spacial score (nSPS) is 10.8. The van der Waals surface area contributed by atoms with E-state index in [0.717, 1.165) is 11.1 Å². The van der Waals surface area contributed by atoms with Crippen molar-refractivity contribution < 1.29 is 13.2 Å². The highest BCUT2D eigenvalue weighted by Crippen LogP contribution is 2.32. The van der Waals surface area contributed by atoms with Crippen LogP contribution in [0, 0.1) is 0 Å². The van der Waals surface area contributed by atoms with Crippen molar-refractivity contribution in [1.82, 2.24) is 4.98 Å². The lowest BCUT2D eigenvalue weighted by atomic mass is 10.3. The van der Waals surface area contributed by atoms with Gasteiger partial charge in [0.2, 0.25) is 0 Å². The molecule has 1 aromatic rings. The molecule has 2 N–H and O–H groups in total. The maximum atomic E-state index is 12.2. The van der Waals surface area contributed by atoms with Gasteiger partial charge in [-0.1, -0.05) is 11.6 Å². The van der Waals surface area contributed by atoms with Gasteiger partial charge in [0, 0.05) is 13.2 Å². The van der Waals surface area contributed by atoms with Crippen LogP contribution in [0.25, 0.3) is 0 Å². The number of alkyl halides is 3. The zero-order valence-corrected chi connectivity index (χ0v) is 9.12. The quantitative estimate of drug-likeness (QED) is 0.624. The molecule has 0 atom stereocenters. The van der Waals surface area contributed by atoms with E-state index in [1.54, 1.807) is 0 Å². The third kappa shape index (κ3) is 3.40. The fourth-order valence-electron chi connectivity index (χ4n) is 0.845. The first kappa shape index (κ1) is 14.3. The minimum Gasteiger partial charge on any atom is -0.297 e. The lowest BCUT2D eigenvalue weighted by Crippen LogP contribution is -2.26. The van der Waals surface area contributed by atoms with Crippen LogP contribution in [0.5, 0.6) is 0 Å². The van der Waals surface area contributed by atoms with E-state index in [2.05, 4.69) is 4.98 Å². The fourth-order valence-corrected chi connectivity index (χ4v) is 1.14. The lowest BCUT2D eigenvalue weighted by Gasteiger charge is -2.14. The van der Waals surface area contributed by atoms with Crippen LogP contribution >= 0.6 is 24.0 Å². The van der Waals surface area contributed by atoms with E-state index in [-0.39, 0.29) is 23.2 Å². The highest BCUT2D eigenvalue weighted by atomic mass is 35.5. The second-order valence-electron chi connectivity index (χ2n) is 2.64. The number of hydrogen-bond acceptors (Lipinski definition) is 3. The number of anilines is 1. The molecule has 0 radical (unpaired) electrons. The Morgan fingerprint density at radius 2 is 2.00 bits per heavy atom. The summed E-state index contributed by atoms with van der Waals surface area (Å²) in [6.45, 7) is 0. The standard InChI is InChI=1S/C7H7ClF3N3.ClH/c1-14(12)6-5(8)2-4(3-13-6)7(9,10)11;/h2-3H,12H2,1H3;1H. The molecule has 15 heavy (non-hydrogen) atoms. The van der Waals surface area contributed by atoms with Gasteiger partial charge in [-0.05, 0) is 6.07 Å². The molecule has 3 nitrogen and oxygen atoms in total. The summed E-state index contributed by atoms with van der Waals surface area (Å²) in [7, 11) is 1.43. The first-order chi connectivity index (χ1) is 6.32. The number of halogens is 5. The van der Waals surface area contributed by atoms with Crippen LogP contribution in [0.4, 0.5) is 19.0 Å². The summed E-state index contributed by atoms with van der Waals surface area (Å²) >= 11 is 5.55. The molecule has 1 rings (SSSR count). The van der Waals surface area contributed by atoms with Crippen LogP contribution in [0.2, 0.25) is 5.02 Å². The summed E-state index contributed by atoms with van der Waals surface area (Å²) in [6.07, 6.45) is -3.76. The average Bonchev–Trinajstić information content (AvgIpc) is 2.01. The molecule has 0 unspecified atom stereocenters. The predicted molar refractivity (Wildman–Crippen MR) is 54.1 cm³/mol. The van der Waals surface area contributed by atoms with Gasteiger partial charge in [0.05, 0.1) is 10.6 Å². The lowest BCUT2D eigenvalue weighted by molar-refractivity contribution is -0.137. The smallest absolute Gasteiger partial charge is 0.297 e. The fraction of sp³-hybridized carbons (Fsp3) is 0.286. The number of nitrogens with zero attached hydrogens (tertiary/aromatic N) is 2. The van der Waals surface area contributed by atoms with Gasteiger partial charge in [0.1, 0.15) is 0 Å². The van der Waals surface area contributed by atoms with E-state index >= 15 is 0 Å². The Bertz CT molecular complexity index is 341. The molecule has 0 saturated carbocycles. The monoisotopic (exact) mass is 261 g/mol. The first-order valence-electron chi connectivity index (χ1n) is 3.53. The Morgan fingerprint density at radius 1 is 1.47 bits per heavy atom. The van der Waals surface area contributed by atoms with Gasteiger partial charge in [-0.15, -0.1) is 12.4 Å². The SMILES string of the molecule is CN(N)c1ncc(C(F)(F)F)cc1Cl.Cl. The van der Waals surface area contributed by atoms with Gasteiger partial charge in [-0.25, -0.2) is 10.8 Å². The third-order valence-corrected chi connectivity index (χ3v) is 1.76. The van der Waals surface area contributed by atoms with Crippen LogP contribution in [-0.4, -0.2) is 12.0 Å². The molecule has 0 saturated heterocycles. The summed E-state index contributed by atoms with van der Waals surface area (Å²) in [5.74, 6) is 5.38. The summed E-state index contributed by atoms with van der Waals surface area (Å²) in [5, 5.41) is 0.910. The molecule has 0 aromatic carbocycles. The molecule has 0 fully saturated rings. The Hall–Kier alpha value is -0.720. The van der Waals surface area contributed by atoms with Gasteiger partial charge in [0.25, 0.3) is 0 Å². The number of rotatable bonds is 1. The molecule has 0 aliphatic carbocycles. The van der Waals surface area contributed by atoms with E-state index in [9.17, 15) is 13.2 Å². The molecule has 86 valence electrons. The molecule has 0 aliphatic heterocycles. The Balaban J connectivity index is 0.00000196. The minimum absolute atomic E-state index is 0. The van der Waals surface area contributed by atoms with E-state index in [1.807, 2.05) is 0 Å². The molecular formula is C7H8Cl2F3N3. The topological polar surface area (TPSA) is 42.1 Å². The number of aromatic nitrogens is 1. The number of pyridine rings is 1. The zero-order chi connectivity index (χ0) is 10.9. The van der Waals surface area contributed by atoms with Crippen molar-refractivity contribution >= 4 is 29.8 Å². The van der Waals surface area contributed by atoms with Crippen molar-refractivity contribution in [3.05, 3.63) is 22.8 Å². The van der Waals surface area contributed by atoms with Gasteiger partial charge in [0.15, 0.2) is 5.82 Å². The van der Waals surface area contributed by atoms with Crippen molar-refractivity contribution in [3.63, 3.8) is 0 Å². The van der Waals surface area contributed by atoms with Crippen LogP contribution in [0.1, 0.15) is 5.56 Å². The van der Waals surface area contributed by atoms with Gasteiger partial charge >= 0.3 is 6.18 Å². The Kier molecular flexibility index (Phi) is 4.64. The Morgan fingerprint density at radius 3 is 2.33 bits per heavy atom. The Labute approximate surface area is 95.4 Å². The van der Waals surface area contributed by atoms with Crippen molar-refractivity contribution in [1.29, 1.82) is 0 Å². The van der Waals surface area contributed by atoms with Crippen molar-refractivity contribution in [2.45, 2.75) is 6.18 Å². The van der Waals surface area contributed by atoms with Gasteiger partial charge < -0.3 is 0 Å². The van der Waals surface area contributed by atoms with Crippen molar-refractivity contribution in [2.75, 3.05) is 12.1 Å². The second-order valence-corrected chi connectivity index (χ2v) is 3.05. The third-order valence-electron chi connectivity index (χ3n) is 1.48. The summed E-state index contributed by atoms with van der Waals surface area (Å²) < 4.78 is 36.5. The van der Waals surface area contributed by atoms with Crippen LogP contribution < -0.4 is 10.9 Å². The molecule has 8 heteroatoms. The van der Waals surface area contributed by atoms with Crippen LogP contribution in [0.3, 0.4) is 0 Å². The minimum atomic E-state index is -4.44. The highest BCUT2D eigenvalue weighted by Gasteiger charge is 2.31. The van der Waals surface area contributed by atoms with Gasteiger partial charge in [-0.3, -0.25) is 5.01 Å². The van der Waals surface area contributed by atoms with Crippen LogP contribution in [-0.2, 0) is 6.18 Å². The van der Waals surface area contributed by atoms with E-state index in [0.29, 0.717) is 6.20 Å². The summed E-state index contributed by atoms with van der Waals surface area (Å²) in [6, 6.07) is 0.785. The molecular weight excluding hydrogens is 254 g/mol. The predicted octanol–water partition coefficient (Wildman–Crippen LogP) is 2.49. The maximum Gasteiger partial charge on any atom is 0.417 e. The highest BCUT2D eigenvalue weighted by molar-refractivity contribution is 6.33. The molecule has 0 bridgehead atoms. The average molecular weight is 262 g/mol. The summed E-state index contributed by atoms with van der Waals surface area (Å²) in [4.78, 5) is 3.49. The number of hydrazine groups is 1. The van der Waals surface area contributed by atoms with Crippen molar-refractivity contribution in [2.24, 2.45) is 5.84 Å². The zero-order valence-electron chi connectivity index (χ0n) is 7.55. The molecule has 0 aliphatic rings. The van der Waals surface area contributed by atoms with E-state index in [4.69, 9.17) is 17.4 Å². The maximum absolute atomic E-state index is 12.2. The molecule has 1 aromatic heterocycles. The second kappa shape index (κ2) is 4.87. The molecule has 0 spiro atoms. The largest absolute Gasteiger partial charge is 0.417 e. The first-order valence-corrected chi connectivity index (χ1v) is 3.91. The van der Waals surface area contributed by atoms with Crippen LogP contribution in [0.15, 0.2) is 12.3 Å². The number of hydrogen-bond donors (Lipinski definition) is 1. The van der Waals surface area contributed by atoms with E-state index < -0.39 is 11.7 Å². The summed E-state index contributed by atoms with van der Waals surface area (Å²) in [5.41, 5.74) is -0.895. The van der Waals surface area contributed by atoms with E-state index in [1.165, 1.54) is 7.05 Å². The molecule has 1 heterocycles. The van der Waals surface area contributed by atoms with Crippen molar-refractivity contribution in [3.8, 4) is 0 Å². The van der Waals surface area contributed by atoms with Gasteiger partial charge in [-0.2, -0.15) is 13.2 Å². The number of nitrogens with two attached hydrogens (primary N) is 1.